The molecule has 0 amide bonds. The minimum absolute atomic E-state index is 0.0796. The van der Waals surface area contributed by atoms with Gasteiger partial charge in [-0.15, -0.1) is 0 Å². The number of carbonyl (C=O) groups excluding carboxylic acids is 1. The molecule has 0 aliphatic carbocycles. The molecule has 2 aliphatic rings. The number of methoxy groups -OCH3 is 1. The Balaban J connectivity index is 2.02. The van der Waals surface area contributed by atoms with Crippen molar-refractivity contribution < 1.29 is 9.53 Å². The summed E-state index contributed by atoms with van der Waals surface area (Å²) < 4.78 is 7.26. The lowest BCUT2D eigenvalue weighted by atomic mass is 9.76. The average molecular weight is 526 g/mol. The van der Waals surface area contributed by atoms with Gasteiger partial charge in [0.25, 0.3) is 0 Å². The summed E-state index contributed by atoms with van der Waals surface area (Å²) in [5, 5.41) is 0. The number of carbonyl (C=O) groups is 1. The van der Waals surface area contributed by atoms with Gasteiger partial charge in [0.2, 0.25) is 0 Å². The standard InChI is InChI=1S/C16H20I2N2O2/c1-20-9-3-4-13(20)14(16(21)22-2)10(7-9)8-5-11(17)15(19)12(18)6-8/h5-6,9-10,13-14H,3-4,7,19H2,1-2H3/t9-,10-,13?,14?/m1/s1. The third-order valence-corrected chi connectivity index (χ3v) is 7.06. The molecule has 4 atom stereocenters. The van der Waals surface area contributed by atoms with Crippen molar-refractivity contribution in [3.8, 4) is 0 Å². The third-order valence-electron chi connectivity index (χ3n) is 5.27. The van der Waals surface area contributed by atoms with E-state index >= 15 is 0 Å². The van der Waals surface area contributed by atoms with E-state index < -0.39 is 0 Å². The summed E-state index contributed by atoms with van der Waals surface area (Å²) in [6, 6.07) is 5.15. The molecule has 2 N–H and O–H groups in total. The number of hydrogen-bond donors (Lipinski definition) is 1. The van der Waals surface area contributed by atoms with E-state index in [1.54, 1.807) is 0 Å². The van der Waals surface area contributed by atoms with E-state index in [9.17, 15) is 4.79 Å². The number of piperidine rings is 1. The fourth-order valence-corrected chi connectivity index (χ4v) is 5.90. The van der Waals surface area contributed by atoms with E-state index in [-0.39, 0.29) is 17.8 Å². The van der Waals surface area contributed by atoms with Gasteiger partial charge >= 0.3 is 5.97 Å². The van der Waals surface area contributed by atoms with Crippen molar-refractivity contribution in [2.24, 2.45) is 5.92 Å². The normalized spacial score (nSPS) is 31.3. The molecule has 0 aromatic heterocycles. The van der Waals surface area contributed by atoms with Crippen molar-refractivity contribution >= 4 is 56.8 Å². The summed E-state index contributed by atoms with van der Waals surface area (Å²) >= 11 is 4.56. The average Bonchev–Trinajstić information content (AvgIpc) is 2.74. The van der Waals surface area contributed by atoms with Gasteiger partial charge in [-0.05, 0) is 89.2 Å². The second-order valence-electron chi connectivity index (χ2n) is 6.25. The van der Waals surface area contributed by atoms with Crippen LogP contribution < -0.4 is 5.73 Å². The minimum Gasteiger partial charge on any atom is -0.469 e. The Bertz CT molecular complexity index is 585. The minimum atomic E-state index is -0.0797. The predicted octanol–water partition coefficient (Wildman–Crippen LogP) is 3.22. The highest BCUT2D eigenvalue weighted by atomic mass is 127. The molecule has 0 radical (unpaired) electrons. The molecule has 0 spiro atoms. The van der Waals surface area contributed by atoms with E-state index in [1.165, 1.54) is 19.1 Å². The Morgan fingerprint density at radius 2 is 1.95 bits per heavy atom. The quantitative estimate of drug-likeness (QED) is 0.366. The van der Waals surface area contributed by atoms with E-state index in [4.69, 9.17) is 10.5 Å². The second-order valence-corrected chi connectivity index (χ2v) is 8.58. The molecule has 120 valence electrons. The lowest BCUT2D eigenvalue weighted by Crippen LogP contribution is -2.49. The SMILES string of the molecule is COC(=O)C1C2CC[C@H](C[C@@H]1c1cc(I)c(N)c(I)c1)N2C. The highest BCUT2D eigenvalue weighted by molar-refractivity contribution is 14.1. The number of nitrogen functional groups attached to an aromatic ring is 1. The number of hydrogen-bond acceptors (Lipinski definition) is 4. The van der Waals surface area contributed by atoms with Crippen LogP contribution in [0.4, 0.5) is 5.69 Å². The lowest BCUT2D eigenvalue weighted by molar-refractivity contribution is -0.150. The van der Waals surface area contributed by atoms with Crippen molar-refractivity contribution in [3.05, 3.63) is 24.8 Å². The molecule has 22 heavy (non-hydrogen) atoms. The summed E-state index contributed by atoms with van der Waals surface area (Å²) in [6.45, 7) is 0. The first kappa shape index (κ1) is 16.8. The Labute approximate surface area is 158 Å². The van der Waals surface area contributed by atoms with Crippen LogP contribution in [0.15, 0.2) is 12.1 Å². The van der Waals surface area contributed by atoms with Crippen molar-refractivity contribution in [2.75, 3.05) is 19.9 Å². The number of benzene rings is 1. The largest absolute Gasteiger partial charge is 0.469 e. The van der Waals surface area contributed by atoms with Crippen LogP contribution in [0.2, 0.25) is 0 Å². The van der Waals surface area contributed by atoms with Gasteiger partial charge in [0, 0.05) is 25.1 Å². The van der Waals surface area contributed by atoms with Gasteiger partial charge in [0.15, 0.2) is 0 Å². The fraction of sp³-hybridized carbons (Fsp3) is 0.562. The molecule has 6 heteroatoms. The Kier molecular flexibility index (Phi) is 4.90. The predicted molar refractivity (Wildman–Crippen MR) is 104 cm³/mol. The second kappa shape index (κ2) is 6.43. The Hall–Kier alpha value is -0.0900. The molecule has 2 unspecified atom stereocenters. The summed E-state index contributed by atoms with van der Waals surface area (Å²) in [7, 11) is 3.64. The van der Waals surface area contributed by atoms with Gasteiger partial charge in [-0.3, -0.25) is 9.69 Å². The number of ether oxygens (including phenoxy) is 1. The number of fused-ring (bicyclic) bond motifs is 2. The smallest absolute Gasteiger partial charge is 0.310 e. The first-order valence-corrected chi connectivity index (χ1v) is 9.64. The zero-order valence-electron chi connectivity index (χ0n) is 12.7. The van der Waals surface area contributed by atoms with Crippen molar-refractivity contribution in [1.82, 2.24) is 4.90 Å². The topological polar surface area (TPSA) is 55.6 Å². The van der Waals surface area contributed by atoms with Crippen molar-refractivity contribution in [1.29, 1.82) is 0 Å². The van der Waals surface area contributed by atoms with Gasteiger partial charge in [0.1, 0.15) is 0 Å². The van der Waals surface area contributed by atoms with Gasteiger partial charge in [-0.1, -0.05) is 0 Å². The Morgan fingerprint density at radius 1 is 1.32 bits per heavy atom. The number of nitrogens with two attached hydrogens (primary N) is 1. The first-order chi connectivity index (χ1) is 10.4. The van der Waals surface area contributed by atoms with Crippen LogP contribution in [0.25, 0.3) is 0 Å². The van der Waals surface area contributed by atoms with E-state index in [0.717, 1.165) is 25.7 Å². The maximum Gasteiger partial charge on any atom is 0.310 e. The molecule has 2 bridgehead atoms. The van der Waals surface area contributed by atoms with Gasteiger partial charge in [0.05, 0.1) is 18.7 Å². The molecule has 4 nitrogen and oxygen atoms in total. The molecular weight excluding hydrogens is 506 g/mol. The van der Waals surface area contributed by atoms with Crippen LogP contribution in [0, 0.1) is 13.1 Å². The van der Waals surface area contributed by atoms with Crippen LogP contribution in [-0.2, 0) is 9.53 Å². The van der Waals surface area contributed by atoms with Crippen LogP contribution in [0.3, 0.4) is 0 Å². The van der Waals surface area contributed by atoms with Gasteiger partial charge in [-0.2, -0.15) is 0 Å². The summed E-state index contributed by atoms with van der Waals surface area (Å²) in [5.74, 6) is 0.0665. The molecule has 0 saturated carbocycles. The molecular formula is C16H20I2N2O2. The highest BCUT2D eigenvalue weighted by Crippen LogP contribution is 2.47. The van der Waals surface area contributed by atoms with E-state index in [2.05, 4.69) is 69.3 Å². The molecule has 1 aromatic carbocycles. The number of halogens is 2. The number of nitrogens with zero attached hydrogens (tertiary/aromatic N) is 1. The molecule has 2 saturated heterocycles. The molecule has 2 fully saturated rings. The number of esters is 1. The highest BCUT2D eigenvalue weighted by Gasteiger charge is 2.49. The van der Waals surface area contributed by atoms with Gasteiger partial charge < -0.3 is 10.5 Å². The van der Waals surface area contributed by atoms with Crippen LogP contribution in [-0.4, -0.2) is 37.1 Å². The molecule has 1 aromatic rings. The van der Waals surface area contributed by atoms with Crippen LogP contribution in [0.5, 0.6) is 0 Å². The summed E-state index contributed by atoms with van der Waals surface area (Å²) in [4.78, 5) is 14.8. The number of anilines is 1. The van der Waals surface area contributed by atoms with Crippen molar-refractivity contribution in [3.63, 3.8) is 0 Å². The summed E-state index contributed by atoms with van der Waals surface area (Å²) in [5.41, 5.74) is 8.13. The molecule has 2 aliphatic heterocycles. The molecule has 3 rings (SSSR count). The fourth-order valence-electron chi connectivity index (χ4n) is 4.08. The summed E-state index contributed by atoms with van der Waals surface area (Å²) in [6.07, 6.45) is 3.28. The lowest BCUT2D eigenvalue weighted by Gasteiger charge is -2.41. The van der Waals surface area contributed by atoms with E-state index in [1.807, 2.05) is 0 Å². The zero-order valence-corrected chi connectivity index (χ0v) is 17.0. The Morgan fingerprint density at radius 3 is 2.55 bits per heavy atom. The first-order valence-electron chi connectivity index (χ1n) is 7.48. The van der Waals surface area contributed by atoms with Crippen LogP contribution in [0.1, 0.15) is 30.7 Å². The number of rotatable bonds is 2. The maximum atomic E-state index is 12.4. The third kappa shape index (κ3) is 2.75. The zero-order chi connectivity index (χ0) is 16.0. The van der Waals surface area contributed by atoms with Gasteiger partial charge in [-0.25, -0.2) is 0 Å². The maximum absolute atomic E-state index is 12.4. The van der Waals surface area contributed by atoms with Crippen molar-refractivity contribution in [2.45, 2.75) is 37.3 Å². The van der Waals surface area contributed by atoms with E-state index in [0.29, 0.717) is 12.1 Å². The molecule has 2 heterocycles. The van der Waals surface area contributed by atoms with Crippen LogP contribution >= 0.6 is 45.2 Å². The monoisotopic (exact) mass is 526 g/mol.